The molecule has 1 aromatic rings. The second-order valence-corrected chi connectivity index (χ2v) is 4.24. The number of carbonyl (C=O) groups excluding carboxylic acids is 1. The summed E-state index contributed by atoms with van der Waals surface area (Å²) in [6.45, 7) is 2.29. The molecular formula is C10H17N5O. The molecule has 0 spiro atoms. The van der Waals surface area contributed by atoms with Gasteiger partial charge in [0.2, 0.25) is 5.91 Å². The van der Waals surface area contributed by atoms with E-state index in [0.29, 0.717) is 12.6 Å². The maximum atomic E-state index is 11.4. The van der Waals surface area contributed by atoms with E-state index in [-0.39, 0.29) is 11.9 Å². The molecule has 0 aromatic carbocycles. The first kappa shape index (κ1) is 11.1. The van der Waals surface area contributed by atoms with Gasteiger partial charge in [-0.1, -0.05) is 0 Å². The van der Waals surface area contributed by atoms with Crippen molar-refractivity contribution in [2.24, 2.45) is 7.05 Å². The molecule has 1 unspecified atom stereocenters. The van der Waals surface area contributed by atoms with Crippen LogP contribution in [0.15, 0.2) is 6.33 Å². The Morgan fingerprint density at radius 1 is 1.69 bits per heavy atom. The van der Waals surface area contributed by atoms with Gasteiger partial charge in [0, 0.05) is 13.1 Å². The number of carbonyl (C=O) groups is 1. The molecule has 1 aliphatic carbocycles. The molecule has 88 valence electrons. The molecule has 1 saturated carbocycles. The Morgan fingerprint density at radius 2 is 2.44 bits per heavy atom. The minimum atomic E-state index is 0.0254. The van der Waals surface area contributed by atoms with Crippen LogP contribution in [0.3, 0.4) is 0 Å². The number of rotatable bonds is 5. The number of hydrogen-bond donors (Lipinski definition) is 2. The lowest BCUT2D eigenvalue weighted by Gasteiger charge is -2.12. The summed E-state index contributed by atoms with van der Waals surface area (Å²) < 4.78 is 1.84. The van der Waals surface area contributed by atoms with Crippen LogP contribution in [0.1, 0.15) is 31.6 Å². The summed E-state index contributed by atoms with van der Waals surface area (Å²) in [7, 11) is 1.89. The van der Waals surface area contributed by atoms with Gasteiger partial charge in [0.1, 0.15) is 12.2 Å². The van der Waals surface area contributed by atoms with Crippen molar-refractivity contribution in [1.29, 1.82) is 0 Å². The summed E-state index contributed by atoms with van der Waals surface area (Å²) in [5.41, 5.74) is 0. The van der Waals surface area contributed by atoms with E-state index in [2.05, 4.69) is 20.8 Å². The molecule has 0 aliphatic heterocycles. The van der Waals surface area contributed by atoms with Gasteiger partial charge in [-0.25, -0.2) is 0 Å². The fourth-order valence-electron chi connectivity index (χ4n) is 1.53. The quantitative estimate of drug-likeness (QED) is 0.721. The maximum Gasteiger partial charge on any atom is 0.234 e. The van der Waals surface area contributed by atoms with Crippen molar-refractivity contribution < 1.29 is 4.79 Å². The summed E-state index contributed by atoms with van der Waals surface area (Å²) in [5.74, 6) is 0.885. The summed E-state index contributed by atoms with van der Waals surface area (Å²) in [6.07, 6.45) is 3.88. The van der Waals surface area contributed by atoms with E-state index in [4.69, 9.17) is 0 Å². The van der Waals surface area contributed by atoms with Crippen LogP contribution in [-0.4, -0.2) is 33.3 Å². The molecule has 1 aromatic heterocycles. The number of amides is 1. The molecule has 1 heterocycles. The van der Waals surface area contributed by atoms with Crippen molar-refractivity contribution in [1.82, 2.24) is 25.4 Å². The molecule has 6 nitrogen and oxygen atoms in total. The van der Waals surface area contributed by atoms with E-state index in [1.165, 1.54) is 0 Å². The number of hydrogen-bond acceptors (Lipinski definition) is 4. The van der Waals surface area contributed by atoms with Gasteiger partial charge < -0.3 is 9.88 Å². The Labute approximate surface area is 94.4 Å². The molecule has 1 amide bonds. The summed E-state index contributed by atoms with van der Waals surface area (Å²) >= 11 is 0. The van der Waals surface area contributed by atoms with Crippen LogP contribution >= 0.6 is 0 Å². The molecule has 1 atom stereocenters. The highest BCUT2D eigenvalue weighted by molar-refractivity contribution is 5.78. The normalized spacial score (nSPS) is 17.1. The molecule has 0 bridgehead atoms. The zero-order chi connectivity index (χ0) is 11.5. The molecular weight excluding hydrogens is 206 g/mol. The molecule has 2 rings (SSSR count). The average Bonchev–Trinajstić information content (AvgIpc) is 2.95. The molecule has 2 N–H and O–H groups in total. The Hall–Kier alpha value is -1.43. The van der Waals surface area contributed by atoms with E-state index < -0.39 is 0 Å². The van der Waals surface area contributed by atoms with Crippen molar-refractivity contribution in [3.63, 3.8) is 0 Å². The van der Waals surface area contributed by atoms with Crippen molar-refractivity contribution in [2.75, 3.05) is 6.54 Å². The molecule has 1 fully saturated rings. The standard InChI is InChI=1S/C10H17N5O/c1-7(10-14-12-6-15(10)2)11-5-9(16)13-8-3-4-8/h6-8,11H,3-5H2,1-2H3,(H,13,16). The predicted octanol–water partition coefficient (Wildman–Crippen LogP) is -0.256. The Bertz CT molecular complexity index is 371. The SMILES string of the molecule is CC(NCC(=O)NC1CC1)c1nncn1C. The smallest absolute Gasteiger partial charge is 0.234 e. The van der Waals surface area contributed by atoms with Crippen LogP contribution in [0.5, 0.6) is 0 Å². The minimum Gasteiger partial charge on any atom is -0.352 e. The molecule has 16 heavy (non-hydrogen) atoms. The van der Waals surface area contributed by atoms with E-state index in [1.807, 2.05) is 18.5 Å². The van der Waals surface area contributed by atoms with Gasteiger partial charge in [-0.2, -0.15) is 0 Å². The van der Waals surface area contributed by atoms with Crippen molar-refractivity contribution in [2.45, 2.75) is 31.8 Å². The van der Waals surface area contributed by atoms with Gasteiger partial charge in [-0.05, 0) is 19.8 Å². The Kier molecular flexibility index (Phi) is 3.19. The van der Waals surface area contributed by atoms with Crippen molar-refractivity contribution in [3.8, 4) is 0 Å². The van der Waals surface area contributed by atoms with E-state index in [0.717, 1.165) is 18.7 Å². The highest BCUT2D eigenvalue weighted by Gasteiger charge is 2.23. The van der Waals surface area contributed by atoms with Crippen LogP contribution < -0.4 is 10.6 Å². The lowest BCUT2D eigenvalue weighted by atomic mass is 10.3. The number of aryl methyl sites for hydroxylation is 1. The molecule has 0 saturated heterocycles. The van der Waals surface area contributed by atoms with Gasteiger partial charge >= 0.3 is 0 Å². The van der Waals surface area contributed by atoms with Crippen LogP contribution in [0.25, 0.3) is 0 Å². The minimum absolute atomic E-state index is 0.0254. The molecule has 6 heteroatoms. The summed E-state index contributed by atoms with van der Waals surface area (Å²) in [4.78, 5) is 11.4. The fourth-order valence-corrected chi connectivity index (χ4v) is 1.53. The average molecular weight is 223 g/mol. The van der Waals surface area contributed by atoms with E-state index >= 15 is 0 Å². The largest absolute Gasteiger partial charge is 0.352 e. The number of nitrogens with one attached hydrogen (secondary N) is 2. The first-order chi connectivity index (χ1) is 7.66. The van der Waals surface area contributed by atoms with Crippen LogP contribution in [-0.2, 0) is 11.8 Å². The third-order valence-electron chi connectivity index (χ3n) is 2.64. The molecule has 1 aliphatic rings. The third-order valence-corrected chi connectivity index (χ3v) is 2.64. The monoisotopic (exact) mass is 223 g/mol. The molecule has 0 radical (unpaired) electrons. The van der Waals surface area contributed by atoms with Crippen LogP contribution in [0.4, 0.5) is 0 Å². The highest BCUT2D eigenvalue weighted by atomic mass is 16.2. The van der Waals surface area contributed by atoms with Crippen LogP contribution in [0, 0.1) is 0 Å². The zero-order valence-corrected chi connectivity index (χ0v) is 9.60. The van der Waals surface area contributed by atoms with Crippen molar-refractivity contribution >= 4 is 5.91 Å². The predicted molar refractivity (Wildman–Crippen MR) is 58.6 cm³/mol. The first-order valence-electron chi connectivity index (χ1n) is 5.53. The van der Waals surface area contributed by atoms with Crippen LogP contribution in [0.2, 0.25) is 0 Å². The number of nitrogens with zero attached hydrogens (tertiary/aromatic N) is 3. The lowest BCUT2D eigenvalue weighted by Crippen LogP contribution is -2.36. The van der Waals surface area contributed by atoms with Gasteiger partial charge in [-0.15, -0.1) is 10.2 Å². The summed E-state index contributed by atoms with van der Waals surface area (Å²) in [5, 5.41) is 13.8. The fraction of sp³-hybridized carbons (Fsp3) is 0.700. The topological polar surface area (TPSA) is 71.8 Å². The maximum absolute atomic E-state index is 11.4. The van der Waals surface area contributed by atoms with E-state index in [1.54, 1.807) is 6.33 Å². The second-order valence-electron chi connectivity index (χ2n) is 4.24. The highest BCUT2D eigenvalue weighted by Crippen LogP contribution is 2.18. The second kappa shape index (κ2) is 4.61. The van der Waals surface area contributed by atoms with Gasteiger partial charge in [-0.3, -0.25) is 10.1 Å². The first-order valence-corrected chi connectivity index (χ1v) is 5.53. The van der Waals surface area contributed by atoms with Gasteiger partial charge in [0.05, 0.1) is 12.6 Å². The van der Waals surface area contributed by atoms with Crippen molar-refractivity contribution in [3.05, 3.63) is 12.2 Å². The lowest BCUT2D eigenvalue weighted by molar-refractivity contribution is -0.120. The summed E-state index contributed by atoms with van der Waals surface area (Å²) in [6, 6.07) is 0.442. The zero-order valence-electron chi connectivity index (χ0n) is 9.60. The Balaban J connectivity index is 1.76. The number of aromatic nitrogens is 3. The van der Waals surface area contributed by atoms with Gasteiger partial charge in [0.25, 0.3) is 0 Å². The van der Waals surface area contributed by atoms with Gasteiger partial charge in [0.15, 0.2) is 0 Å². The third kappa shape index (κ3) is 2.79. The Morgan fingerprint density at radius 3 is 3.00 bits per heavy atom. The van der Waals surface area contributed by atoms with E-state index in [9.17, 15) is 4.79 Å².